The smallest absolute Gasteiger partial charge is 0.345 e. The minimum Gasteiger partial charge on any atom is -0.345 e. The van der Waals surface area contributed by atoms with Gasteiger partial charge in [0.05, 0.1) is 24.9 Å². The van der Waals surface area contributed by atoms with Crippen LogP contribution in [0.4, 0.5) is 13.2 Å². The number of carbonyl (C=O) groups excluding carboxylic acids is 2. The summed E-state index contributed by atoms with van der Waals surface area (Å²) in [5.74, 6) is -0.492. The van der Waals surface area contributed by atoms with E-state index < -0.39 is 25.4 Å². The molecule has 1 aliphatic rings. The Labute approximate surface area is 198 Å². The van der Waals surface area contributed by atoms with Crippen LogP contribution in [-0.4, -0.2) is 55.2 Å². The Kier molecular flexibility index (Phi) is 10.6. The Hall–Kier alpha value is -1.90. The Balaban J connectivity index is 1.95. The third-order valence-electron chi connectivity index (χ3n) is 5.77. The maximum atomic E-state index is 13.1. The summed E-state index contributed by atoms with van der Waals surface area (Å²) in [5, 5.41) is 2.68. The lowest BCUT2D eigenvalue weighted by atomic mass is 9.88. The van der Waals surface area contributed by atoms with Gasteiger partial charge < -0.3 is 19.3 Å². The van der Waals surface area contributed by atoms with Crippen molar-refractivity contribution >= 4 is 19.4 Å². The lowest BCUT2D eigenvalue weighted by Crippen LogP contribution is -2.50. The van der Waals surface area contributed by atoms with Gasteiger partial charge in [-0.25, -0.2) is 0 Å². The molecular weight excluding hydrogens is 472 g/mol. The Morgan fingerprint density at radius 3 is 2.15 bits per heavy atom. The van der Waals surface area contributed by atoms with Gasteiger partial charge in [-0.3, -0.25) is 14.2 Å². The standard InChI is InChI=1S/C23H34F3N2O5P/c1-4-32-34(31,33-5-2)16-6-7-21(27-17(3)29)22(30)28-14-12-19(13-15-28)18-8-10-20(11-9-18)23(24,25)26/h8-11,19,21H,4-7,12-16H2,1-3H3,(H,27,29)/t21-/m0/s1. The van der Waals surface area contributed by atoms with Crippen molar-refractivity contribution in [1.82, 2.24) is 10.2 Å². The number of halogens is 3. The summed E-state index contributed by atoms with van der Waals surface area (Å²) in [4.78, 5) is 26.4. The second kappa shape index (κ2) is 12.7. The summed E-state index contributed by atoms with van der Waals surface area (Å²) < 4.78 is 61.6. The molecule has 1 atom stereocenters. The number of hydrogen-bond acceptors (Lipinski definition) is 5. The molecule has 0 aliphatic carbocycles. The van der Waals surface area contributed by atoms with E-state index in [1.807, 2.05) is 0 Å². The summed E-state index contributed by atoms with van der Waals surface area (Å²) in [6.45, 7) is 6.17. The van der Waals surface area contributed by atoms with Crippen LogP contribution in [0, 0.1) is 0 Å². The number of piperidine rings is 1. The fourth-order valence-corrected chi connectivity index (χ4v) is 5.84. The molecule has 7 nitrogen and oxygen atoms in total. The first-order chi connectivity index (χ1) is 16.0. The molecule has 0 aromatic heterocycles. The van der Waals surface area contributed by atoms with Gasteiger partial charge in [-0.1, -0.05) is 12.1 Å². The summed E-state index contributed by atoms with van der Waals surface area (Å²) in [7, 11) is -3.24. The average molecular weight is 507 g/mol. The number of nitrogens with zero attached hydrogens (tertiary/aromatic N) is 1. The SMILES string of the molecule is CCOP(=O)(CCC[C@H](NC(C)=O)C(=O)N1CCC(c2ccc(C(F)(F)F)cc2)CC1)OCC. The van der Waals surface area contributed by atoms with Crippen LogP contribution in [0.2, 0.25) is 0 Å². The van der Waals surface area contributed by atoms with Crippen LogP contribution in [0.1, 0.15) is 63.5 Å². The van der Waals surface area contributed by atoms with E-state index in [0.717, 1.165) is 17.7 Å². The predicted octanol–water partition coefficient (Wildman–Crippen LogP) is 4.96. The van der Waals surface area contributed by atoms with Crippen molar-refractivity contribution in [3.63, 3.8) is 0 Å². The largest absolute Gasteiger partial charge is 0.416 e. The van der Waals surface area contributed by atoms with Gasteiger partial charge in [-0.2, -0.15) is 13.2 Å². The van der Waals surface area contributed by atoms with Gasteiger partial charge in [0.2, 0.25) is 11.8 Å². The zero-order valence-electron chi connectivity index (χ0n) is 19.9. The van der Waals surface area contributed by atoms with Gasteiger partial charge >= 0.3 is 13.8 Å². The summed E-state index contributed by atoms with van der Waals surface area (Å²) >= 11 is 0. The van der Waals surface area contributed by atoms with Gasteiger partial charge in [-0.05, 0) is 63.1 Å². The highest BCUT2D eigenvalue weighted by molar-refractivity contribution is 7.53. The highest BCUT2D eigenvalue weighted by Crippen LogP contribution is 2.48. The minimum absolute atomic E-state index is 0.0637. The lowest BCUT2D eigenvalue weighted by Gasteiger charge is -2.34. The maximum absolute atomic E-state index is 13.1. The molecule has 0 spiro atoms. The topological polar surface area (TPSA) is 84.9 Å². The zero-order valence-corrected chi connectivity index (χ0v) is 20.8. The van der Waals surface area contributed by atoms with Crippen LogP contribution in [0.15, 0.2) is 24.3 Å². The molecule has 1 fully saturated rings. The van der Waals surface area contributed by atoms with Crippen molar-refractivity contribution in [2.45, 2.75) is 64.6 Å². The third-order valence-corrected chi connectivity index (χ3v) is 7.94. The Bertz CT molecular complexity index is 845. The molecule has 2 amide bonds. The van der Waals surface area contributed by atoms with E-state index in [4.69, 9.17) is 9.05 Å². The van der Waals surface area contributed by atoms with Crippen molar-refractivity contribution < 1.29 is 36.4 Å². The van der Waals surface area contributed by atoms with E-state index in [-0.39, 0.29) is 37.1 Å². The molecule has 1 aromatic carbocycles. The molecule has 2 rings (SSSR count). The fraction of sp³-hybridized carbons (Fsp3) is 0.652. The van der Waals surface area contributed by atoms with E-state index in [9.17, 15) is 27.3 Å². The van der Waals surface area contributed by atoms with Crippen LogP contribution in [0.5, 0.6) is 0 Å². The van der Waals surface area contributed by atoms with Crippen LogP contribution in [0.3, 0.4) is 0 Å². The lowest BCUT2D eigenvalue weighted by molar-refractivity contribution is -0.138. The fourth-order valence-electron chi connectivity index (χ4n) is 4.15. The molecule has 1 aromatic rings. The molecule has 1 aliphatic heterocycles. The normalized spacial score (nSPS) is 16.4. The molecule has 11 heteroatoms. The molecular formula is C23H34F3N2O5P. The molecule has 1 heterocycles. The number of nitrogens with one attached hydrogen (secondary N) is 1. The number of carbonyl (C=O) groups is 2. The second-order valence-electron chi connectivity index (χ2n) is 8.28. The number of benzene rings is 1. The third kappa shape index (κ3) is 8.40. The highest BCUT2D eigenvalue weighted by Gasteiger charge is 2.32. The van der Waals surface area contributed by atoms with Crippen molar-refractivity contribution in [3.05, 3.63) is 35.4 Å². The van der Waals surface area contributed by atoms with Gasteiger partial charge in [0.25, 0.3) is 0 Å². The number of likely N-dealkylation sites (tertiary alicyclic amines) is 1. The monoisotopic (exact) mass is 506 g/mol. The molecule has 192 valence electrons. The molecule has 1 saturated heterocycles. The minimum atomic E-state index is -4.37. The highest BCUT2D eigenvalue weighted by atomic mass is 31.2. The molecule has 34 heavy (non-hydrogen) atoms. The van der Waals surface area contributed by atoms with Gasteiger partial charge in [0.1, 0.15) is 6.04 Å². The van der Waals surface area contributed by atoms with Crippen LogP contribution < -0.4 is 5.32 Å². The van der Waals surface area contributed by atoms with Gasteiger partial charge in [-0.15, -0.1) is 0 Å². The van der Waals surface area contributed by atoms with E-state index >= 15 is 0 Å². The van der Waals surface area contributed by atoms with E-state index in [0.29, 0.717) is 38.8 Å². The van der Waals surface area contributed by atoms with Crippen molar-refractivity contribution in [3.8, 4) is 0 Å². The molecule has 0 saturated carbocycles. The molecule has 0 radical (unpaired) electrons. The molecule has 0 unspecified atom stereocenters. The Morgan fingerprint density at radius 1 is 1.12 bits per heavy atom. The number of rotatable bonds is 11. The van der Waals surface area contributed by atoms with Gasteiger partial charge in [0.15, 0.2) is 0 Å². The quantitative estimate of drug-likeness (QED) is 0.429. The predicted molar refractivity (Wildman–Crippen MR) is 123 cm³/mol. The summed E-state index contributed by atoms with van der Waals surface area (Å²) in [6.07, 6.45) is -2.32. The zero-order chi connectivity index (χ0) is 25.4. The van der Waals surface area contributed by atoms with Crippen molar-refractivity contribution in [1.29, 1.82) is 0 Å². The van der Waals surface area contributed by atoms with E-state index in [1.54, 1.807) is 18.7 Å². The van der Waals surface area contributed by atoms with Crippen LogP contribution in [-0.2, 0) is 29.4 Å². The first-order valence-electron chi connectivity index (χ1n) is 11.6. The number of hydrogen-bond donors (Lipinski definition) is 1. The van der Waals surface area contributed by atoms with E-state index in [2.05, 4.69) is 5.32 Å². The van der Waals surface area contributed by atoms with E-state index in [1.165, 1.54) is 19.1 Å². The Morgan fingerprint density at radius 2 is 1.68 bits per heavy atom. The average Bonchev–Trinajstić information content (AvgIpc) is 2.77. The first-order valence-corrected chi connectivity index (χ1v) is 13.3. The summed E-state index contributed by atoms with van der Waals surface area (Å²) in [5.41, 5.74) is 0.140. The summed E-state index contributed by atoms with van der Waals surface area (Å²) in [6, 6.07) is 4.42. The second-order valence-corrected chi connectivity index (χ2v) is 10.5. The van der Waals surface area contributed by atoms with Crippen LogP contribution in [0.25, 0.3) is 0 Å². The van der Waals surface area contributed by atoms with Crippen molar-refractivity contribution in [2.75, 3.05) is 32.5 Å². The van der Waals surface area contributed by atoms with Gasteiger partial charge in [0, 0.05) is 20.0 Å². The number of alkyl halides is 3. The van der Waals surface area contributed by atoms with Crippen molar-refractivity contribution in [2.24, 2.45) is 0 Å². The maximum Gasteiger partial charge on any atom is 0.416 e. The molecule has 0 bridgehead atoms. The van der Waals surface area contributed by atoms with Crippen LogP contribution >= 0.6 is 7.60 Å². The number of amides is 2. The first kappa shape index (κ1) is 28.3. The molecule has 1 N–H and O–H groups in total.